The third kappa shape index (κ3) is 6.27. The van der Waals surface area contributed by atoms with Crippen LogP contribution in [0.5, 0.6) is 11.8 Å². The molecule has 1 heterocycles. The highest BCUT2D eigenvalue weighted by atomic mass is 32.2. The second kappa shape index (κ2) is 10.2. The molecule has 0 aliphatic heterocycles. The van der Waals surface area contributed by atoms with Crippen LogP contribution in [0.3, 0.4) is 0 Å². The van der Waals surface area contributed by atoms with E-state index < -0.39 is 17.8 Å². The second-order valence-corrected chi connectivity index (χ2v) is 7.35. The van der Waals surface area contributed by atoms with E-state index in [1.54, 1.807) is 30.3 Å². The summed E-state index contributed by atoms with van der Waals surface area (Å²) in [4.78, 5) is 21.5. The number of hydrogen-bond acceptors (Lipinski definition) is 6. The third-order valence-corrected chi connectivity index (χ3v) is 5.11. The average Bonchev–Trinajstić information content (AvgIpc) is 2.78. The molecule has 0 saturated heterocycles. The zero-order chi connectivity index (χ0) is 23.1. The Labute approximate surface area is 186 Å². The van der Waals surface area contributed by atoms with Gasteiger partial charge in [0.2, 0.25) is 11.8 Å². The molecule has 0 bridgehead atoms. The number of amides is 2. The van der Waals surface area contributed by atoms with Gasteiger partial charge in [0.05, 0.1) is 37.3 Å². The molecule has 7 nitrogen and oxygen atoms in total. The highest BCUT2D eigenvalue weighted by Crippen LogP contribution is 2.34. The van der Waals surface area contributed by atoms with Crippen LogP contribution >= 0.6 is 11.8 Å². The van der Waals surface area contributed by atoms with Gasteiger partial charge >= 0.3 is 12.2 Å². The molecule has 2 N–H and O–H groups in total. The fourth-order valence-electron chi connectivity index (χ4n) is 2.63. The number of carbonyl (C=O) groups is 1. The van der Waals surface area contributed by atoms with Crippen LogP contribution < -0.4 is 20.1 Å². The third-order valence-electron chi connectivity index (χ3n) is 4.10. The van der Waals surface area contributed by atoms with Crippen LogP contribution in [-0.2, 0) is 11.9 Å². The molecule has 0 spiro atoms. The molecule has 3 rings (SSSR count). The van der Waals surface area contributed by atoms with Gasteiger partial charge in [0.15, 0.2) is 0 Å². The minimum absolute atomic E-state index is 0.321. The molecule has 168 valence electrons. The minimum atomic E-state index is -4.57. The maximum absolute atomic E-state index is 13.1. The van der Waals surface area contributed by atoms with Gasteiger partial charge in [-0.3, -0.25) is 0 Å². The highest BCUT2D eigenvalue weighted by Gasteiger charge is 2.33. The summed E-state index contributed by atoms with van der Waals surface area (Å²) in [7, 11) is 3.00. The van der Waals surface area contributed by atoms with Crippen molar-refractivity contribution < 1.29 is 27.4 Å². The molecule has 11 heteroatoms. The van der Waals surface area contributed by atoms with Gasteiger partial charge in [0, 0.05) is 10.6 Å². The number of halogens is 3. The van der Waals surface area contributed by atoms with Gasteiger partial charge in [0.25, 0.3) is 0 Å². The smallest absolute Gasteiger partial charge is 0.418 e. The number of nitrogens with zero attached hydrogens (tertiary/aromatic N) is 2. The van der Waals surface area contributed by atoms with Crippen molar-refractivity contribution in [2.75, 3.05) is 24.9 Å². The zero-order valence-electron chi connectivity index (χ0n) is 17.1. The summed E-state index contributed by atoms with van der Waals surface area (Å²) in [5, 5.41) is 4.75. The van der Waals surface area contributed by atoms with Gasteiger partial charge in [-0.2, -0.15) is 23.1 Å². The molecule has 3 aromatic rings. The zero-order valence-corrected chi connectivity index (χ0v) is 17.9. The molecule has 0 aliphatic rings. The summed E-state index contributed by atoms with van der Waals surface area (Å²) in [6, 6.07) is 12.4. The lowest BCUT2D eigenvalue weighted by molar-refractivity contribution is -0.136. The fraction of sp³-hybridized carbons (Fsp3) is 0.190. The number of nitrogens with one attached hydrogen (secondary N) is 2. The molecule has 2 amide bonds. The number of aromatic nitrogens is 2. The Bertz CT molecular complexity index is 1060. The van der Waals surface area contributed by atoms with Crippen molar-refractivity contribution in [2.24, 2.45) is 0 Å². The number of benzene rings is 2. The van der Waals surface area contributed by atoms with E-state index >= 15 is 0 Å². The minimum Gasteiger partial charge on any atom is -0.481 e. The Kier molecular flexibility index (Phi) is 7.41. The maximum Gasteiger partial charge on any atom is 0.418 e. The quantitative estimate of drug-likeness (QED) is 0.453. The first kappa shape index (κ1) is 23.2. The van der Waals surface area contributed by atoms with Crippen molar-refractivity contribution in [2.45, 2.75) is 16.8 Å². The van der Waals surface area contributed by atoms with Gasteiger partial charge in [-0.1, -0.05) is 12.1 Å². The summed E-state index contributed by atoms with van der Waals surface area (Å²) in [6.45, 7) is 0. The average molecular weight is 464 g/mol. The van der Waals surface area contributed by atoms with Gasteiger partial charge in [-0.05, 0) is 36.4 Å². The van der Waals surface area contributed by atoms with Crippen molar-refractivity contribution in [1.82, 2.24) is 9.97 Å². The number of ether oxygens (including phenoxy) is 2. The van der Waals surface area contributed by atoms with E-state index in [4.69, 9.17) is 9.47 Å². The number of hydrogen-bond donors (Lipinski definition) is 2. The summed E-state index contributed by atoms with van der Waals surface area (Å²) in [5.41, 5.74) is -0.813. The normalized spacial score (nSPS) is 11.0. The van der Waals surface area contributed by atoms with E-state index in [2.05, 4.69) is 20.6 Å². The topological polar surface area (TPSA) is 85.4 Å². The van der Waals surface area contributed by atoms with Crippen LogP contribution in [0.15, 0.2) is 59.5 Å². The lowest BCUT2D eigenvalue weighted by atomic mass is 10.1. The van der Waals surface area contributed by atoms with E-state index in [1.165, 1.54) is 44.2 Å². The number of anilines is 2. The predicted molar refractivity (Wildman–Crippen MR) is 115 cm³/mol. The van der Waals surface area contributed by atoms with E-state index in [0.717, 1.165) is 11.0 Å². The molecule has 1 aromatic heterocycles. The van der Waals surface area contributed by atoms with Crippen molar-refractivity contribution in [3.05, 3.63) is 66.0 Å². The monoisotopic (exact) mass is 464 g/mol. The Hall–Kier alpha value is -3.47. The van der Waals surface area contributed by atoms with Crippen molar-refractivity contribution in [3.8, 4) is 11.8 Å². The van der Waals surface area contributed by atoms with E-state index in [0.29, 0.717) is 29.0 Å². The maximum atomic E-state index is 13.1. The largest absolute Gasteiger partial charge is 0.481 e. The van der Waals surface area contributed by atoms with Crippen LogP contribution in [0.1, 0.15) is 11.4 Å². The van der Waals surface area contributed by atoms with Crippen LogP contribution in [0.4, 0.5) is 29.3 Å². The molecule has 0 radical (unpaired) electrons. The van der Waals surface area contributed by atoms with E-state index in [-0.39, 0.29) is 5.69 Å². The highest BCUT2D eigenvalue weighted by molar-refractivity contribution is 7.98. The number of carbonyl (C=O) groups excluding carboxylic acids is 1. The van der Waals surface area contributed by atoms with Crippen molar-refractivity contribution in [3.63, 3.8) is 0 Å². The predicted octanol–water partition coefficient (Wildman–Crippen LogP) is 5.45. The van der Waals surface area contributed by atoms with Gasteiger partial charge in [0.1, 0.15) is 5.82 Å². The SMILES string of the molecule is COc1cc(OC)nc(CSc2ccc(NC(=O)Nc3ccccc3C(F)(F)F)cc2)n1. The number of rotatable bonds is 7. The number of urea groups is 1. The molecular formula is C21H19F3N4O3S. The first-order valence-electron chi connectivity index (χ1n) is 9.21. The van der Waals surface area contributed by atoms with Crippen LogP contribution in [0, 0.1) is 0 Å². The van der Waals surface area contributed by atoms with Crippen LogP contribution in [-0.4, -0.2) is 30.2 Å². The lowest BCUT2D eigenvalue weighted by Crippen LogP contribution is -2.21. The summed E-state index contributed by atoms with van der Waals surface area (Å²) >= 11 is 1.46. The van der Waals surface area contributed by atoms with Gasteiger partial charge < -0.3 is 20.1 Å². The molecule has 0 aliphatic carbocycles. The second-order valence-electron chi connectivity index (χ2n) is 6.30. The Morgan fingerprint density at radius 3 is 2.19 bits per heavy atom. The molecule has 0 unspecified atom stereocenters. The lowest BCUT2D eigenvalue weighted by Gasteiger charge is -2.14. The van der Waals surface area contributed by atoms with Crippen LogP contribution in [0.25, 0.3) is 0 Å². The van der Waals surface area contributed by atoms with Crippen LogP contribution in [0.2, 0.25) is 0 Å². The van der Waals surface area contributed by atoms with E-state index in [1.807, 2.05) is 0 Å². The Balaban J connectivity index is 1.59. The molecular weight excluding hydrogens is 445 g/mol. The summed E-state index contributed by atoms with van der Waals surface area (Å²) in [6.07, 6.45) is -4.57. The first-order valence-corrected chi connectivity index (χ1v) is 10.2. The molecule has 0 fully saturated rings. The number of thioether (sulfide) groups is 1. The fourth-order valence-corrected chi connectivity index (χ4v) is 3.38. The molecule has 32 heavy (non-hydrogen) atoms. The van der Waals surface area contributed by atoms with Gasteiger partial charge in [-0.15, -0.1) is 11.8 Å². The standard InChI is InChI=1S/C21H19F3N4O3S/c1-30-18-11-19(31-2)28-17(27-18)12-32-14-9-7-13(8-10-14)25-20(29)26-16-6-4-3-5-15(16)21(22,23)24/h3-11H,12H2,1-2H3,(H2,25,26,29). The Morgan fingerprint density at radius 1 is 0.969 bits per heavy atom. The van der Waals surface area contributed by atoms with Crippen molar-refractivity contribution in [1.29, 1.82) is 0 Å². The number of methoxy groups -OCH3 is 2. The molecule has 2 aromatic carbocycles. The van der Waals surface area contributed by atoms with Gasteiger partial charge in [-0.25, -0.2) is 4.79 Å². The number of alkyl halides is 3. The summed E-state index contributed by atoms with van der Waals surface area (Å²) < 4.78 is 49.4. The number of para-hydroxylation sites is 1. The van der Waals surface area contributed by atoms with Crippen molar-refractivity contribution >= 4 is 29.2 Å². The molecule has 0 saturated carbocycles. The van der Waals surface area contributed by atoms with E-state index in [9.17, 15) is 18.0 Å². The first-order chi connectivity index (χ1) is 15.3. The Morgan fingerprint density at radius 2 is 1.59 bits per heavy atom. The molecule has 0 atom stereocenters. The summed E-state index contributed by atoms with van der Waals surface area (Å²) in [5.74, 6) is 1.76.